The quantitative estimate of drug-likeness (QED) is 0.154. The molecule has 3 heterocycles. The Kier molecular flexibility index (Phi) is 10.1. The van der Waals surface area contributed by atoms with Crippen molar-refractivity contribution in [3.05, 3.63) is 77.7 Å². The molecule has 0 radical (unpaired) electrons. The first-order chi connectivity index (χ1) is 21.5. The Morgan fingerprint density at radius 1 is 1.00 bits per heavy atom. The van der Waals surface area contributed by atoms with Gasteiger partial charge in [0, 0.05) is 30.8 Å². The fourth-order valence-corrected chi connectivity index (χ4v) is 5.10. The predicted octanol–water partition coefficient (Wildman–Crippen LogP) is 5.90. The highest BCUT2D eigenvalue weighted by atomic mass is 16.2. The lowest BCUT2D eigenvalue weighted by Gasteiger charge is -2.18. The molecule has 0 aliphatic carbocycles. The molecule has 0 atom stereocenters. The first-order valence-electron chi connectivity index (χ1n) is 15.4. The van der Waals surface area contributed by atoms with E-state index in [1.807, 2.05) is 38.1 Å². The third kappa shape index (κ3) is 7.16. The Morgan fingerprint density at radius 3 is 2.48 bits per heavy atom. The van der Waals surface area contributed by atoms with E-state index in [1.165, 1.54) is 0 Å². The van der Waals surface area contributed by atoms with E-state index >= 15 is 0 Å². The van der Waals surface area contributed by atoms with Crippen molar-refractivity contribution in [2.24, 2.45) is 4.99 Å². The van der Waals surface area contributed by atoms with Gasteiger partial charge in [-0.3, -0.25) is 4.99 Å². The van der Waals surface area contributed by atoms with Gasteiger partial charge in [-0.25, -0.2) is 14.8 Å². The Balaban J connectivity index is 1.59. The number of nitrogens with one attached hydrogen (secondary N) is 3. The average Bonchev–Trinajstić information content (AvgIpc) is 3.56. The van der Waals surface area contributed by atoms with Gasteiger partial charge in [0.05, 0.1) is 17.6 Å². The molecule has 0 saturated carbocycles. The largest absolute Gasteiger partial charge is 0.336 e. The number of amides is 2. The molecule has 0 unspecified atom stereocenters. The monoisotopic (exact) mass is 592 g/mol. The van der Waals surface area contributed by atoms with E-state index < -0.39 is 0 Å². The number of unbranched alkanes of at least 4 members (excludes halogenated alkanes) is 2. The summed E-state index contributed by atoms with van der Waals surface area (Å²) in [5.74, 6) is 1.49. The second kappa shape index (κ2) is 14.5. The molecule has 3 N–H and O–H groups in total. The maximum absolute atomic E-state index is 12.8. The molecule has 2 amide bonds. The van der Waals surface area contributed by atoms with Crippen LogP contribution < -0.4 is 16.1 Å². The summed E-state index contributed by atoms with van der Waals surface area (Å²) in [5, 5.41) is 21.3. The zero-order valence-corrected chi connectivity index (χ0v) is 25.8. The van der Waals surface area contributed by atoms with Gasteiger partial charge in [0.1, 0.15) is 11.3 Å². The second-order valence-electron chi connectivity index (χ2n) is 11.1. The lowest BCUT2D eigenvalue weighted by atomic mass is 9.98. The van der Waals surface area contributed by atoms with Crippen LogP contribution in [0.25, 0.3) is 33.5 Å². The van der Waals surface area contributed by atoms with Gasteiger partial charge in [-0.2, -0.15) is 5.21 Å². The lowest BCUT2D eigenvalue weighted by Crippen LogP contribution is -2.35. The molecule has 0 bridgehead atoms. The van der Waals surface area contributed by atoms with Crippen molar-refractivity contribution in [3.63, 3.8) is 0 Å². The maximum atomic E-state index is 12.8. The normalized spacial score (nSPS) is 11.8. The SMILES string of the molecule is CCCCN=c1c2c(NC(=O)NC(C)C)ccnc2nc(CCCC)n1Cc1ccc(-c2ccccc2-c2nn[nH]n2)cc1. The fraction of sp³-hybridized carbons (Fsp3) is 0.364. The molecule has 0 fully saturated rings. The van der Waals surface area contributed by atoms with Crippen LogP contribution in [0.1, 0.15) is 64.8 Å². The van der Waals surface area contributed by atoms with Crippen LogP contribution in [0.15, 0.2) is 65.8 Å². The number of hydrogen-bond acceptors (Lipinski definition) is 7. The zero-order valence-electron chi connectivity index (χ0n) is 25.8. The van der Waals surface area contributed by atoms with E-state index in [4.69, 9.17) is 9.98 Å². The number of anilines is 1. The van der Waals surface area contributed by atoms with Crippen molar-refractivity contribution in [3.8, 4) is 22.5 Å². The van der Waals surface area contributed by atoms with Crippen LogP contribution in [0.4, 0.5) is 10.5 Å². The number of urea groups is 1. The van der Waals surface area contributed by atoms with Gasteiger partial charge in [-0.05, 0) is 54.7 Å². The summed E-state index contributed by atoms with van der Waals surface area (Å²) in [5.41, 5.74) is 6.11. The molecule has 5 aromatic rings. The van der Waals surface area contributed by atoms with Crippen LogP contribution in [0.2, 0.25) is 0 Å². The van der Waals surface area contributed by atoms with Gasteiger partial charge < -0.3 is 15.2 Å². The molecule has 228 valence electrons. The highest BCUT2D eigenvalue weighted by Gasteiger charge is 2.17. The molecular formula is C33H40N10O. The van der Waals surface area contributed by atoms with E-state index in [2.05, 4.69) is 85.0 Å². The van der Waals surface area contributed by atoms with Crippen molar-refractivity contribution in [1.29, 1.82) is 0 Å². The third-order valence-corrected chi connectivity index (χ3v) is 7.27. The van der Waals surface area contributed by atoms with Gasteiger partial charge in [0.2, 0.25) is 5.82 Å². The standard InChI is InChI=1S/C33H40N10O/c1-5-7-13-28-38-31-29(27(18-20-34-31)37-33(44)36-22(3)4)32(35-19-8-6-2)43(28)21-23-14-16-24(17-15-23)25-11-9-10-12-26(25)30-39-41-42-40-30/h9-12,14-18,20,22H,5-8,13,19,21H2,1-4H3,(H2,34,36,37,44)(H,39,40,41,42). The molecule has 11 heteroatoms. The van der Waals surface area contributed by atoms with Crippen molar-refractivity contribution in [2.45, 2.75) is 72.4 Å². The highest BCUT2D eigenvalue weighted by molar-refractivity contribution is 5.98. The summed E-state index contributed by atoms with van der Waals surface area (Å²) in [6.07, 6.45) is 6.51. The van der Waals surface area contributed by atoms with Gasteiger partial charge in [0.25, 0.3) is 0 Å². The molecule has 0 spiro atoms. The Bertz CT molecular complexity index is 1760. The van der Waals surface area contributed by atoms with Crippen molar-refractivity contribution >= 4 is 22.8 Å². The second-order valence-corrected chi connectivity index (χ2v) is 11.1. The van der Waals surface area contributed by atoms with Gasteiger partial charge >= 0.3 is 6.03 Å². The summed E-state index contributed by atoms with van der Waals surface area (Å²) in [6.45, 7) is 9.44. The molecular weight excluding hydrogens is 552 g/mol. The molecule has 5 rings (SSSR count). The molecule has 0 aliphatic rings. The minimum absolute atomic E-state index is 0.00247. The molecule has 44 heavy (non-hydrogen) atoms. The van der Waals surface area contributed by atoms with E-state index in [-0.39, 0.29) is 12.1 Å². The first kappa shape index (κ1) is 30.5. The number of aryl methyl sites for hydroxylation is 1. The van der Waals surface area contributed by atoms with Crippen LogP contribution in [-0.2, 0) is 13.0 Å². The van der Waals surface area contributed by atoms with Gasteiger partial charge in [-0.15, -0.1) is 10.2 Å². The topological polar surface area (TPSA) is 139 Å². The Labute approximate surface area is 257 Å². The third-order valence-electron chi connectivity index (χ3n) is 7.27. The van der Waals surface area contributed by atoms with Crippen molar-refractivity contribution in [1.82, 2.24) is 40.5 Å². The molecule has 3 aromatic heterocycles. The van der Waals surface area contributed by atoms with Crippen LogP contribution in [0.3, 0.4) is 0 Å². The Morgan fingerprint density at radius 2 is 1.77 bits per heavy atom. The number of hydrogen-bond donors (Lipinski definition) is 3. The number of benzene rings is 2. The maximum Gasteiger partial charge on any atom is 0.319 e. The summed E-state index contributed by atoms with van der Waals surface area (Å²) in [7, 11) is 0. The number of pyridine rings is 1. The molecule has 2 aromatic carbocycles. The number of fused-ring (bicyclic) bond motifs is 1. The number of rotatable bonds is 12. The molecule has 0 aliphatic heterocycles. The van der Waals surface area contributed by atoms with E-state index in [0.717, 1.165) is 71.1 Å². The predicted molar refractivity (Wildman–Crippen MR) is 173 cm³/mol. The van der Waals surface area contributed by atoms with E-state index in [1.54, 1.807) is 6.20 Å². The van der Waals surface area contributed by atoms with Crippen LogP contribution in [0.5, 0.6) is 0 Å². The summed E-state index contributed by atoms with van der Waals surface area (Å²) < 4.78 is 2.20. The van der Waals surface area contributed by atoms with E-state index in [0.29, 0.717) is 30.2 Å². The minimum Gasteiger partial charge on any atom is -0.336 e. The summed E-state index contributed by atoms with van der Waals surface area (Å²) in [4.78, 5) is 27.5. The molecule has 11 nitrogen and oxygen atoms in total. The lowest BCUT2D eigenvalue weighted by molar-refractivity contribution is 0.250. The fourth-order valence-electron chi connectivity index (χ4n) is 5.10. The van der Waals surface area contributed by atoms with E-state index in [9.17, 15) is 4.79 Å². The van der Waals surface area contributed by atoms with Crippen LogP contribution >= 0.6 is 0 Å². The smallest absolute Gasteiger partial charge is 0.319 e. The zero-order chi connectivity index (χ0) is 30.9. The number of carbonyl (C=O) groups excluding carboxylic acids is 1. The number of tetrazole rings is 1. The highest BCUT2D eigenvalue weighted by Crippen LogP contribution is 2.30. The number of aromatic amines is 1. The number of carbonyl (C=O) groups is 1. The van der Waals surface area contributed by atoms with Crippen molar-refractivity contribution in [2.75, 3.05) is 11.9 Å². The number of H-pyrrole nitrogens is 1. The number of aromatic nitrogens is 7. The Hall–Kier alpha value is -4.93. The van der Waals surface area contributed by atoms with Gasteiger partial charge in [-0.1, -0.05) is 75.2 Å². The minimum atomic E-state index is -0.273. The summed E-state index contributed by atoms with van der Waals surface area (Å²) >= 11 is 0. The van der Waals surface area contributed by atoms with Crippen LogP contribution in [0, 0.1) is 0 Å². The summed E-state index contributed by atoms with van der Waals surface area (Å²) in [6, 6.07) is 18.1. The van der Waals surface area contributed by atoms with Crippen LogP contribution in [-0.4, -0.2) is 53.8 Å². The average molecular weight is 593 g/mol. The number of nitrogens with zero attached hydrogens (tertiary/aromatic N) is 7. The first-order valence-corrected chi connectivity index (χ1v) is 15.4. The molecule has 0 saturated heterocycles. The van der Waals surface area contributed by atoms with Gasteiger partial charge in [0.15, 0.2) is 5.65 Å². The van der Waals surface area contributed by atoms with Crippen molar-refractivity contribution < 1.29 is 4.79 Å².